The average molecular weight is 266 g/mol. The molecule has 1 aliphatic rings. The largest absolute Gasteiger partial charge is 0.354 e. The van der Waals surface area contributed by atoms with Crippen LogP contribution in [0.15, 0.2) is 0 Å². The number of rotatable bonds is 4. The molecule has 6 heteroatoms. The van der Waals surface area contributed by atoms with E-state index in [-0.39, 0.29) is 24.3 Å². The van der Waals surface area contributed by atoms with Crippen molar-refractivity contribution in [1.82, 2.24) is 15.5 Å². The van der Waals surface area contributed by atoms with Crippen LogP contribution in [0.5, 0.6) is 0 Å². The normalized spacial score (nSPS) is 21.2. The van der Waals surface area contributed by atoms with E-state index in [1.807, 2.05) is 18.7 Å². The van der Waals surface area contributed by atoms with Crippen molar-refractivity contribution in [3.63, 3.8) is 0 Å². The van der Waals surface area contributed by atoms with Gasteiger partial charge in [-0.25, -0.2) is 0 Å². The molecule has 0 aromatic heterocycles. The first-order valence-corrected chi connectivity index (χ1v) is 6.54. The molecular formula is C13H22N4O2. The van der Waals surface area contributed by atoms with E-state index in [4.69, 9.17) is 0 Å². The SMILES string of the molecule is CC(C)[C@@](C)(C#N)NC(=O)[C@@H](C)N1CCNC(=O)C1. The van der Waals surface area contributed by atoms with Crippen molar-refractivity contribution in [1.29, 1.82) is 5.26 Å². The second-order valence-corrected chi connectivity index (χ2v) is 5.45. The van der Waals surface area contributed by atoms with Gasteiger partial charge in [-0.1, -0.05) is 13.8 Å². The third-order valence-corrected chi connectivity index (χ3v) is 3.76. The highest BCUT2D eigenvalue weighted by molar-refractivity contribution is 5.84. The monoisotopic (exact) mass is 266 g/mol. The van der Waals surface area contributed by atoms with Crippen molar-refractivity contribution in [3.8, 4) is 6.07 Å². The Morgan fingerprint density at radius 3 is 2.63 bits per heavy atom. The van der Waals surface area contributed by atoms with Crippen molar-refractivity contribution in [2.75, 3.05) is 19.6 Å². The summed E-state index contributed by atoms with van der Waals surface area (Å²) in [5, 5.41) is 14.7. The van der Waals surface area contributed by atoms with Gasteiger partial charge in [-0.15, -0.1) is 0 Å². The van der Waals surface area contributed by atoms with Crippen molar-refractivity contribution in [3.05, 3.63) is 0 Å². The van der Waals surface area contributed by atoms with E-state index in [1.165, 1.54) is 0 Å². The highest BCUT2D eigenvalue weighted by atomic mass is 16.2. The number of hydrogen-bond donors (Lipinski definition) is 2. The second kappa shape index (κ2) is 6.02. The van der Waals surface area contributed by atoms with Gasteiger partial charge in [0, 0.05) is 13.1 Å². The molecule has 2 amide bonds. The fraction of sp³-hybridized carbons (Fsp3) is 0.769. The van der Waals surface area contributed by atoms with Gasteiger partial charge in [-0.3, -0.25) is 14.5 Å². The van der Waals surface area contributed by atoms with Crippen LogP contribution in [-0.2, 0) is 9.59 Å². The Balaban J connectivity index is 2.67. The van der Waals surface area contributed by atoms with Gasteiger partial charge < -0.3 is 10.6 Å². The van der Waals surface area contributed by atoms with Crippen LogP contribution in [-0.4, -0.2) is 47.9 Å². The number of piperazine rings is 1. The summed E-state index contributed by atoms with van der Waals surface area (Å²) < 4.78 is 0. The summed E-state index contributed by atoms with van der Waals surface area (Å²) in [4.78, 5) is 25.3. The molecule has 0 spiro atoms. The zero-order valence-electron chi connectivity index (χ0n) is 12.0. The summed E-state index contributed by atoms with van der Waals surface area (Å²) in [5.74, 6) is -0.274. The van der Waals surface area contributed by atoms with E-state index < -0.39 is 11.6 Å². The Hall–Kier alpha value is -1.61. The Morgan fingerprint density at radius 1 is 1.53 bits per heavy atom. The van der Waals surface area contributed by atoms with Gasteiger partial charge in [0.05, 0.1) is 18.7 Å². The fourth-order valence-corrected chi connectivity index (χ4v) is 1.82. The molecule has 1 saturated heterocycles. The number of carbonyl (C=O) groups is 2. The van der Waals surface area contributed by atoms with Gasteiger partial charge >= 0.3 is 0 Å². The first kappa shape index (κ1) is 15.4. The predicted molar refractivity (Wildman–Crippen MR) is 71.0 cm³/mol. The van der Waals surface area contributed by atoms with E-state index in [1.54, 1.807) is 13.8 Å². The number of nitrogens with zero attached hydrogens (tertiary/aromatic N) is 2. The van der Waals surface area contributed by atoms with E-state index >= 15 is 0 Å². The minimum atomic E-state index is -0.886. The minimum absolute atomic E-state index is 0.0123. The van der Waals surface area contributed by atoms with Crippen LogP contribution in [0.1, 0.15) is 27.7 Å². The number of nitriles is 1. The van der Waals surface area contributed by atoms with Gasteiger partial charge in [0.15, 0.2) is 0 Å². The molecule has 0 radical (unpaired) electrons. The van der Waals surface area contributed by atoms with Crippen molar-refractivity contribution in [2.45, 2.75) is 39.3 Å². The maximum Gasteiger partial charge on any atom is 0.238 e. The van der Waals surface area contributed by atoms with Crippen LogP contribution in [0.25, 0.3) is 0 Å². The third-order valence-electron chi connectivity index (χ3n) is 3.76. The average Bonchev–Trinajstić information content (AvgIpc) is 2.37. The fourth-order valence-electron chi connectivity index (χ4n) is 1.82. The molecule has 19 heavy (non-hydrogen) atoms. The predicted octanol–water partition coefficient (Wildman–Crippen LogP) is -0.139. The molecule has 2 N–H and O–H groups in total. The molecule has 106 valence electrons. The van der Waals surface area contributed by atoms with Crippen molar-refractivity contribution >= 4 is 11.8 Å². The Morgan fingerprint density at radius 2 is 2.16 bits per heavy atom. The second-order valence-electron chi connectivity index (χ2n) is 5.45. The lowest BCUT2D eigenvalue weighted by molar-refractivity contribution is -0.131. The van der Waals surface area contributed by atoms with Crippen LogP contribution in [0.2, 0.25) is 0 Å². The summed E-state index contributed by atoms with van der Waals surface area (Å²) >= 11 is 0. The Labute approximate surface area is 114 Å². The number of carbonyl (C=O) groups excluding carboxylic acids is 2. The zero-order chi connectivity index (χ0) is 14.6. The molecule has 1 fully saturated rings. The summed E-state index contributed by atoms with van der Waals surface area (Å²) in [5.41, 5.74) is -0.886. The summed E-state index contributed by atoms with van der Waals surface area (Å²) in [7, 11) is 0. The van der Waals surface area contributed by atoms with E-state index in [0.29, 0.717) is 13.1 Å². The molecule has 2 atom stereocenters. The van der Waals surface area contributed by atoms with Gasteiger partial charge in [0.2, 0.25) is 11.8 Å². The van der Waals surface area contributed by atoms with Crippen LogP contribution < -0.4 is 10.6 Å². The molecule has 1 aliphatic heterocycles. The minimum Gasteiger partial charge on any atom is -0.354 e. The highest BCUT2D eigenvalue weighted by Crippen LogP contribution is 2.16. The first-order chi connectivity index (χ1) is 8.80. The molecule has 0 aromatic rings. The molecular weight excluding hydrogens is 244 g/mol. The number of amides is 2. The lowest BCUT2D eigenvalue weighted by Gasteiger charge is -2.34. The van der Waals surface area contributed by atoms with Gasteiger partial charge in [0.1, 0.15) is 5.54 Å². The van der Waals surface area contributed by atoms with Gasteiger partial charge in [-0.05, 0) is 19.8 Å². The van der Waals surface area contributed by atoms with Crippen LogP contribution >= 0.6 is 0 Å². The topological polar surface area (TPSA) is 85.2 Å². The molecule has 1 rings (SSSR count). The van der Waals surface area contributed by atoms with E-state index in [0.717, 1.165) is 0 Å². The van der Waals surface area contributed by atoms with Crippen LogP contribution in [0, 0.1) is 17.2 Å². The molecule has 1 heterocycles. The third kappa shape index (κ3) is 3.67. The molecule has 0 aromatic carbocycles. The van der Waals surface area contributed by atoms with Crippen LogP contribution in [0.3, 0.4) is 0 Å². The summed E-state index contributed by atoms with van der Waals surface area (Å²) in [6.45, 7) is 8.67. The summed E-state index contributed by atoms with van der Waals surface area (Å²) in [6.07, 6.45) is 0. The first-order valence-electron chi connectivity index (χ1n) is 6.54. The van der Waals surface area contributed by atoms with Crippen LogP contribution in [0.4, 0.5) is 0 Å². The van der Waals surface area contributed by atoms with E-state index in [9.17, 15) is 14.9 Å². The molecule has 6 nitrogen and oxygen atoms in total. The standard InChI is InChI=1S/C13H22N4O2/c1-9(2)13(4,8-14)16-12(19)10(3)17-6-5-15-11(18)7-17/h9-10H,5-7H2,1-4H3,(H,15,18)(H,16,19)/t10-,13-/m1/s1. The number of nitrogens with one attached hydrogen (secondary N) is 2. The Bertz CT molecular complexity index is 402. The van der Waals surface area contributed by atoms with Crippen molar-refractivity contribution in [2.24, 2.45) is 5.92 Å². The summed E-state index contributed by atoms with van der Waals surface area (Å²) in [6, 6.07) is 1.73. The van der Waals surface area contributed by atoms with Gasteiger partial charge in [-0.2, -0.15) is 5.26 Å². The van der Waals surface area contributed by atoms with Crippen molar-refractivity contribution < 1.29 is 9.59 Å². The Kier molecular flexibility index (Phi) is 4.90. The quantitative estimate of drug-likeness (QED) is 0.741. The smallest absolute Gasteiger partial charge is 0.238 e. The maximum absolute atomic E-state index is 12.2. The molecule has 0 saturated carbocycles. The molecule has 0 bridgehead atoms. The lowest BCUT2D eigenvalue weighted by atomic mass is 9.89. The highest BCUT2D eigenvalue weighted by Gasteiger charge is 2.34. The molecule has 0 unspecified atom stereocenters. The van der Waals surface area contributed by atoms with E-state index in [2.05, 4.69) is 16.7 Å². The lowest BCUT2D eigenvalue weighted by Crippen LogP contribution is -2.58. The number of hydrogen-bond acceptors (Lipinski definition) is 4. The van der Waals surface area contributed by atoms with Gasteiger partial charge in [0.25, 0.3) is 0 Å². The maximum atomic E-state index is 12.2. The zero-order valence-corrected chi connectivity index (χ0v) is 12.0. The molecule has 0 aliphatic carbocycles.